The summed E-state index contributed by atoms with van der Waals surface area (Å²) in [7, 11) is 3.95. The van der Waals surface area contributed by atoms with E-state index in [4.69, 9.17) is 14.2 Å². The van der Waals surface area contributed by atoms with Crippen LogP contribution in [-0.2, 0) is 28.6 Å². The van der Waals surface area contributed by atoms with E-state index in [1.165, 1.54) is 50.7 Å². The lowest BCUT2D eigenvalue weighted by Gasteiger charge is -2.18. The van der Waals surface area contributed by atoms with E-state index in [0.717, 1.165) is 128 Å². The smallest absolute Gasteiger partial charge is 0.306 e. The van der Waals surface area contributed by atoms with Crippen LogP contribution in [-0.4, -0.2) is 74.6 Å². The van der Waals surface area contributed by atoms with Crippen molar-refractivity contribution in [3.63, 3.8) is 0 Å². The summed E-state index contributed by atoms with van der Waals surface area (Å²) in [6.45, 7) is 4.85. The molecule has 0 saturated carbocycles. The highest BCUT2D eigenvalue weighted by atomic mass is 19.3. The molecule has 0 spiro atoms. The molecule has 0 fully saturated rings. The van der Waals surface area contributed by atoms with Gasteiger partial charge in [0.15, 0.2) is 0 Å². The first-order valence-corrected chi connectivity index (χ1v) is 24.1. The van der Waals surface area contributed by atoms with E-state index < -0.39 is 11.8 Å². The summed E-state index contributed by atoms with van der Waals surface area (Å²) in [5.74, 6) is -6.68. The molecule has 352 valence electrons. The van der Waals surface area contributed by atoms with Crippen molar-refractivity contribution in [1.29, 1.82) is 0 Å². The Bertz CT molecular complexity index is 1030. The second kappa shape index (κ2) is 39.4. The molecule has 0 saturated heterocycles. The summed E-state index contributed by atoms with van der Waals surface area (Å²) in [4.78, 5) is 38.8. The molecule has 0 amide bonds. The second-order valence-electron chi connectivity index (χ2n) is 17.1. The largest absolute Gasteiger partial charge is 0.462 e. The zero-order valence-electron chi connectivity index (χ0n) is 38.5. The number of alkyl halides is 4. The fourth-order valence-corrected chi connectivity index (χ4v) is 7.06. The Balaban J connectivity index is 4.26. The van der Waals surface area contributed by atoms with Crippen molar-refractivity contribution in [3.8, 4) is 0 Å². The predicted molar refractivity (Wildman–Crippen MR) is 238 cm³/mol. The highest BCUT2D eigenvalue weighted by Gasteiger charge is 2.24. The maximum atomic E-state index is 14.1. The van der Waals surface area contributed by atoms with Crippen LogP contribution < -0.4 is 0 Å². The van der Waals surface area contributed by atoms with E-state index in [-0.39, 0.29) is 62.9 Å². The van der Waals surface area contributed by atoms with Crippen molar-refractivity contribution < 1.29 is 46.2 Å². The molecule has 0 radical (unpaired) electrons. The van der Waals surface area contributed by atoms with Crippen LogP contribution >= 0.6 is 0 Å². The molecule has 0 aliphatic carbocycles. The number of hydrogen-bond donors (Lipinski definition) is 0. The molecule has 0 unspecified atom stereocenters. The van der Waals surface area contributed by atoms with E-state index in [0.29, 0.717) is 32.1 Å². The number of unbranched alkanes of at least 4 members (excludes halogenated alkanes) is 20. The average Bonchev–Trinajstić information content (AvgIpc) is 3.19. The third-order valence-electron chi connectivity index (χ3n) is 10.7. The van der Waals surface area contributed by atoms with Gasteiger partial charge in [-0.3, -0.25) is 14.4 Å². The molecular formula is C49H87F4NO6. The topological polar surface area (TPSA) is 82.1 Å². The number of hydrogen-bond acceptors (Lipinski definition) is 7. The number of rotatable bonds is 43. The fraction of sp³-hybridized carbons (Fsp3) is 0.857. The monoisotopic (exact) mass is 862 g/mol. The zero-order chi connectivity index (χ0) is 44.6. The average molecular weight is 862 g/mol. The van der Waals surface area contributed by atoms with Crippen LogP contribution in [0.4, 0.5) is 17.6 Å². The standard InChI is InChI=1S/C49H87F4NO6/c1-5-7-9-11-13-21-27-37-48(50,51)39-30-42-58-45(55)34-25-19-15-17-23-32-44(60-47(57)36-29-41-54(3)4)33-24-18-16-20-26-35-46(56)59-43-31-40-49(52,53)38-28-22-14-12-10-8-6-2/h30-31,39-40,44H,5-29,32-38,41-43H2,1-4H3/b39-30-,40-31-. The zero-order valence-corrected chi connectivity index (χ0v) is 38.5. The summed E-state index contributed by atoms with van der Waals surface area (Å²) < 4.78 is 72.5. The molecule has 0 atom stereocenters. The molecule has 7 nitrogen and oxygen atoms in total. The molecule has 0 N–H and O–H groups in total. The SMILES string of the molecule is CCCCCCCCCC(F)(F)/C=C\COC(=O)CCCCCCCC(CCCCCCCC(=O)OC/C=C\C(F)(F)CCCCCCCCC)OC(=O)CCCN(C)C. The lowest BCUT2D eigenvalue weighted by atomic mass is 10.0. The van der Waals surface area contributed by atoms with Gasteiger partial charge in [0.25, 0.3) is 11.8 Å². The Kier molecular flexibility index (Phi) is 37.8. The van der Waals surface area contributed by atoms with Gasteiger partial charge < -0.3 is 19.1 Å². The Morgan fingerprint density at radius 2 is 0.833 bits per heavy atom. The number of allylic oxidation sites excluding steroid dienone is 2. The van der Waals surface area contributed by atoms with Crippen LogP contribution in [0.2, 0.25) is 0 Å². The number of nitrogens with zero attached hydrogens (tertiary/aromatic N) is 1. The van der Waals surface area contributed by atoms with Crippen molar-refractivity contribution in [2.45, 2.75) is 237 Å². The first-order chi connectivity index (χ1) is 28.8. The van der Waals surface area contributed by atoms with Gasteiger partial charge in [-0.25, -0.2) is 17.6 Å². The third kappa shape index (κ3) is 40.9. The van der Waals surface area contributed by atoms with E-state index in [1.807, 2.05) is 19.0 Å². The van der Waals surface area contributed by atoms with Gasteiger partial charge in [0.05, 0.1) is 0 Å². The highest BCUT2D eigenvalue weighted by Crippen LogP contribution is 2.25. The van der Waals surface area contributed by atoms with Crippen LogP contribution in [0.25, 0.3) is 0 Å². The molecule has 0 heterocycles. The molecule has 0 bridgehead atoms. The van der Waals surface area contributed by atoms with Gasteiger partial charge in [-0.2, -0.15) is 0 Å². The molecule has 0 aromatic heterocycles. The van der Waals surface area contributed by atoms with Crippen molar-refractivity contribution in [2.24, 2.45) is 0 Å². The lowest BCUT2D eigenvalue weighted by molar-refractivity contribution is -0.150. The highest BCUT2D eigenvalue weighted by molar-refractivity contribution is 5.70. The minimum absolute atomic E-state index is 0.139. The normalized spacial score (nSPS) is 12.4. The lowest BCUT2D eigenvalue weighted by Crippen LogP contribution is -2.20. The molecule has 0 aliphatic heterocycles. The number of halogens is 4. The quantitative estimate of drug-likeness (QED) is 0.0198. The van der Waals surface area contributed by atoms with Gasteiger partial charge in [0.2, 0.25) is 0 Å². The molecule has 11 heteroatoms. The minimum Gasteiger partial charge on any atom is -0.462 e. The third-order valence-corrected chi connectivity index (χ3v) is 10.7. The Hall–Kier alpha value is -2.43. The van der Waals surface area contributed by atoms with E-state index in [9.17, 15) is 31.9 Å². The summed E-state index contributed by atoms with van der Waals surface area (Å²) in [5.41, 5.74) is 0. The fourth-order valence-electron chi connectivity index (χ4n) is 7.06. The molecular weight excluding hydrogens is 775 g/mol. The van der Waals surface area contributed by atoms with Gasteiger partial charge in [-0.05, 0) is 103 Å². The van der Waals surface area contributed by atoms with Crippen molar-refractivity contribution >= 4 is 17.9 Å². The summed E-state index contributed by atoms with van der Waals surface area (Å²) >= 11 is 0. The Morgan fingerprint density at radius 3 is 1.23 bits per heavy atom. The Morgan fingerprint density at radius 1 is 0.483 bits per heavy atom. The summed E-state index contributed by atoms with van der Waals surface area (Å²) in [6.07, 6.45) is 29.5. The van der Waals surface area contributed by atoms with Crippen LogP contribution in [0.3, 0.4) is 0 Å². The summed E-state index contributed by atoms with van der Waals surface area (Å²) in [6, 6.07) is 0. The van der Waals surface area contributed by atoms with Crippen LogP contribution in [0.5, 0.6) is 0 Å². The van der Waals surface area contributed by atoms with Crippen LogP contribution in [0.15, 0.2) is 24.3 Å². The van der Waals surface area contributed by atoms with Crippen molar-refractivity contribution in [3.05, 3.63) is 24.3 Å². The molecule has 60 heavy (non-hydrogen) atoms. The number of carbonyl (C=O) groups is 3. The predicted octanol–water partition coefficient (Wildman–Crippen LogP) is 14.5. The van der Waals surface area contributed by atoms with E-state index in [1.54, 1.807) is 0 Å². The van der Waals surface area contributed by atoms with Crippen molar-refractivity contribution in [1.82, 2.24) is 4.90 Å². The number of carbonyl (C=O) groups excluding carboxylic acids is 3. The Labute approximate surface area is 363 Å². The maximum Gasteiger partial charge on any atom is 0.306 e. The van der Waals surface area contributed by atoms with E-state index in [2.05, 4.69) is 13.8 Å². The van der Waals surface area contributed by atoms with Crippen LogP contribution in [0.1, 0.15) is 219 Å². The van der Waals surface area contributed by atoms with Gasteiger partial charge in [-0.1, -0.05) is 129 Å². The van der Waals surface area contributed by atoms with E-state index >= 15 is 0 Å². The van der Waals surface area contributed by atoms with Gasteiger partial charge in [-0.15, -0.1) is 0 Å². The van der Waals surface area contributed by atoms with Gasteiger partial charge >= 0.3 is 17.9 Å². The maximum absolute atomic E-state index is 14.1. The first kappa shape index (κ1) is 57.6. The number of ether oxygens (including phenoxy) is 3. The number of esters is 3. The van der Waals surface area contributed by atoms with Crippen LogP contribution in [0, 0.1) is 0 Å². The minimum atomic E-state index is -2.88. The van der Waals surface area contributed by atoms with Gasteiger partial charge in [0.1, 0.15) is 19.3 Å². The first-order valence-electron chi connectivity index (χ1n) is 24.1. The molecule has 0 aromatic carbocycles. The van der Waals surface area contributed by atoms with Gasteiger partial charge in [0, 0.05) is 32.1 Å². The molecule has 0 aliphatic rings. The summed E-state index contributed by atoms with van der Waals surface area (Å²) in [5, 5.41) is 0. The molecule has 0 aromatic rings. The second-order valence-corrected chi connectivity index (χ2v) is 17.1. The van der Waals surface area contributed by atoms with Crippen molar-refractivity contribution in [2.75, 3.05) is 33.9 Å². The molecule has 0 rings (SSSR count).